The van der Waals surface area contributed by atoms with Crippen molar-refractivity contribution in [2.75, 3.05) is 13.1 Å². The monoisotopic (exact) mass is 368 g/mol. The predicted molar refractivity (Wildman–Crippen MR) is 98.5 cm³/mol. The molecule has 3 aliphatic rings. The van der Waals surface area contributed by atoms with Crippen LogP contribution in [0.3, 0.4) is 0 Å². The summed E-state index contributed by atoms with van der Waals surface area (Å²) in [6, 6.07) is 6.24. The molecule has 1 aromatic heterocycles. The molecule has 0 radical (unpaired) electrons. The highest BCUT2D eigenvalue weighted by atomic mass is 19.1. The number of hydrogen-bond donors (Lipinski definition) is 0. The van der Waals surface area contributed by atoms with Crippen molar-refractivity contribution in [2.24, 2.45) is 11.3 Å². The van der Waals surface area contributed by atoms with Gasteiger partial charge in [0.15, 0.2) is 0 Å². The van der Waals surface area contributed by atoms with Crippen molar-refractivity contribution in [2.45, 2.75) is 51.0 Å². The molecule has 2 aromatic rings. The van der Waals surface area contributed by atoms with Crippen LogP contribution in [-0.2, 0) is 17.8 Å². The fourth-order valence-corrected chi connectivity index (χ4v) is 4.79. The summed E-state index contributed by atoms with van der Waals surface area (Å²) in [5, 5.41) is 8.67. The molecule has 27 heavy (non-hydrogen) atoms. The first-order valence-corrected chi connectivity index (χ1v) is 10.0. The molecule has 0 bridgehead atoms. The van der Waals surface area contributed by atoms with Crippen molar-refractivity contribution < 1.29 is 9.18 Å². The lowest BCUT2D eigenvalue weighted by atomic mass is 9.62. The molecule has 142 valence electrons. The van der Waals surface area contributed by atoms with Crippen molar-refractivity contribution >= 4 is 5.91 Å². The van der Waals surface area contributed by atoms with E-state index in [1.807, 2.05) is 11.2 Å². The molecule has 2 aliphatic carbocycles. The van der Waals surface area contributed by atoms with Crippen LogP contribution >= 0.6 is 0 Å². The molecule has 0 N–H and O–H groups in total. The van der Waals surface area contributed by atoms with Crippen LogP contribution in [0.5, 0.6) is 0 Å². The summed E-state index contributed by atoms with van der Waals surface area (Å²) in [5.41, 5.74) is 1.04. The molecular formula is C21H25FN4O. The first kappa shape index (κ1) is 16.9. The van der Waals surface area contributed by atoms with Crippen LogP contribution in [0.4, 0.5) is 4.39 Å². The van der Waals surface area contributed by atoms with Gasteiger partial charge in [-0.2, -0.15) is 0 Å². The molecule has 1 atom stereocenters. The van der Waals surface area contributed by atoms with Crippen LogP contribution in [0.1, 0.15) is 49.4 Å². The van der Waals surface area contributed by atoms with Crippen molar-refractivity contribution in [1.29, 1.82) is 0 Å². The van der Waals surface area contributed by atoms with Crippen molar-refractivity contribution in [1.82, 2.24) is 19.7 Å². The van der Waals surface area contributed by atoms with Crippen molar-refractivity contribution in [3.63, 3.8) is 0 Å². The van der Waals surface area contributed by atoms with Gasteiger partial charge in [-0.05, 0) is 54.7 Å². The topological polar surface area (TPSA) is 51.0 Å². The Hall–Kier alpha value is -2.24. The minimum atomic E-state index is -0.268. The number of carbonyl (C=O) groups excluding carboxylic acids is 1. The summed E-state index contributed by atoms with van der Waals surface area (Å²) in [4.78, 5) is 14.9. The van der Waals surface area contributed by atoms with Gasteiger partial charge in [0, 0.05) is 25.6 Å². The van der Waals surface area contributed by atoms with E-state index in [1.165, 1.54) is 31.4 Å². The number of halogens is 1. The maximum atomic E-state index is 13.1. The summed E-state index contributed by atoms with van der Waals surface area (Å²) in [5.74, 6) is 1.98. The third-order valence-corrected chi connectivity index (χ3v) is 6.73. The number of likely N-dealkylation sites (tertiary alicyclic amines) is 1. The number of rotatable bonds is 5. The fraction of sp³-hybridized carbons (Fsp3) is 0.571. The van der Waals surface area contributed by atoms with Crippen LogP contribution in [0, 0.1) is 17.2 Å². The van der Waals surface area contributed by atoms with Crippen LogP contribution in [-0.4, -0.2) is 38.7 Å². The lowest BCUT2D eigenvalue weighted by molar-refractivity contribution is -0.130. The van der Waals surface area contributed by atoms with E-state index in [-0.39, 0.29) is 23.1 Å². The number of amides is 1. The van der Waals surface area contributed by atoms with Crippen LogP contribution in [0.2, 0.25) is 0 Å². The Kier molecular flexibility index (Phi) is 4.02. The van der Waals surface area contributed by atoms with E-state index in [9.17, 15) is 9.18 Å². The van der Waals surface area contributed by atoms with E-state index < -0.39 is 0 Å². The van der Waals surface area contributed by atoms with Crippen LogP contribution in [0.15, 0.2) is 30.6 Å². The van der Waals surface area contributed by atoms with Crippen molar-refractivity contribution in [3.05, 3.63) is 47.8 Å². The highest BCUT2D eigenvalue weighted by Crippen LogP contribution is 2.55. The molecule has 1 aromatic carbocycles. The third kappa shape index (κ3) is 3.15. The molecule has 5 nitrogen and oxygen atoms in total. The Bertz CT molecular complexity index is 838. The van der Waals surface area contributed by atoms with Crippen LogP contribution < -0.4 is 0 Å². The molecule has 1 spiro atoms. The van der Waals surface area contributed by atoms with Gasteiger partial charge in [0.25, 0.3) is 0 Å². The van der Waals surface area contributed by atoms with E-state index in [2.05, 4.69) is 14.8 Å². The molecule has 1 aliphatic heterocycles. The minimum absolute atomic E-state index is 0.128. The SMILES string of the molecule is O=C(Cc1ccc(F)cc1)N1CC(c2nncn2CC2CC2)C2(CCC2)C1. The Morgan fingerprint density at radius 3 is 2.67 bits per heavy atom. The molecule has 3 fully saturated rings. The van der Waals surface area contributed by atoms with Gasteiger partial charge in [-0.3, -0.25) is 4.79 Å². The molecule has 1 amide bonds. The first-order chi connectivity index (χ1) is 13.1. The van der Waals surface area contributed by atoms with E-state index >= 15 is 0 Å². The van der Waals surface area contributed by atoms with E-state index in [4.69, 9.17) is 0 Å². The quantitative estimate of drug-likeness (QED) is 0.815. The highest BCUT2D eigenvalue weighted by molar-refractivity contribution is 5.79. The third-order valence-electron chi connectivity index (χ3n) is 6.73. The summed E-state index contributed by atoms with van der Waals surface area (Å²) in [7, 11) is 0. The second-order valence-corrected chi connectivity index (χ2v) is 8.63. The fourth-order valence-electron chi connectivity index (χ4n) is 4.79. The summed E-state index contributed by atoms with van der Waals surface area (Å²) in [6.45, 7) is 2.55. The zero-order valence-electron chi connectivity index (χ0n) is 15.5. The van der Waals surface area contributed by atoms with Gasteiger partial charge in [-0.25, -0.2) is 4.39 Å². The Morgan fingerprint density at radius 2 is 2.00 bits per heavy atom. The van der Waals surface area contributed by atoms with Gasteiger partial charge in [0.1, 0.15) is 18.0 Å². The van der Waals surface area contributed by atoms with Gasteiger partial charge in [0.2, 0.25) is 5.91 Å². The molecule has 2 saturated carbocycles. The molecule has 6 heteroatoms. The predicted octanol–water partition coefficient (Wildman–Crippen LogP) is 3.17. The molecule has 5 rings (SSSR count). The number of benzene rings is 1. The largest absolute Gasteiger partial charge is 0.341 e. The normalized spacial score (nSPS) is 23.6. The Morgan fingerprint density at radius 1 is 1.22 bits per heavy atom. The average molecular weight is 368 g/mol. The van der Waals surface area contributed by atoms with Crippen molar-refractivity contribution in [3.8, 4) is 0 Å². The Labute approximate surface area is 158 Å². The number of nitrogens with zero attached hydrogens (tertiary/aromatic N) is 4. The summed E-state index contributed by atoms with van der Waals surface area (Å²) >= 11 is 0. The summed E-state index contributed by atoms with van der Waals surface area (Å²) in [6.07, 6.45) is 8.35. The minimum Gasteiger partial charge on any atom is -0.341 e. The van der Waals surface area contributed by atoms with Gasteiger partial charge in [0.05, 0.1) is 6.42 Å². The Balaban J connectivity index is 1.34. The molecule has 1 unspecified atom stereocenters. The zero-order chi connectivity index (χ0) is 18.4. The standard InChI is InChI=1S/C21H25FN4O/c22-17-6-4-15(5-7-17)10-19(27)25-12-18(21(13-25)8-1-9-21)20-24-23-14-26(20)11-16-2-3-16/h4-7,14,16,18H,1-3,8-13H2. The van der Waals surface area contributed by atoms with Gasteiger partial charge < -0.3 is 9.47 Å². The molecule has 1 saturated heterocycles. The smallest absolute Gasteiger partial charge is 0.227 e. The van der Waals surface area contributed by atoms with E-state index in [0.717, 1.165) is 49.8 Å². The van der Waals surface area contributed by atoms with E-state index in [0.29, 0.717) is 6.42 Å². The maximum Gasteiger partial charge on any atom is 0.227 e. The zero-order valence-corrected chi connectivity index (χ0v) is 15.5. The maximum absolute atomic E-state index is 13.1. The lowest BCUT2D eigenvalue weighted by Gasteiger charge is -2.42. The summed E-state index contributed by atoms with van der Waals surface area (Å²) < 4.78 is 15.3. The van der Waals surface area contributed by atoms with Gasteiger partial charge in [-0.15, -0.1) is 10.2 Å². The number of hydrogen-bond acceptors (Lipinski definition) is 3. The molecule has 2 heterocycles. The lowest BCUT2D eigenvalue weighted by Crippen LogP contribution is -2.38. The number of carbonyl (C=O) groups is 1. The van der Waals surface area contributed by atoms with Gasteiger partial charge >= 0.3 is 0 Å². The second kappa shape index (κ2) is 6.43. The first-order valence-electron chi connectivity index (χ1n) is 10.0. The van der Waals surface area contributed by atoms with Gasteiger partial charge in [-0.1, -0.05) is 18.6 Å². The number of aromatic nitrogens is 3. The van der Waals surface area contributed by atoms with E-state index in [1.54, 1.807) is 12.1 Å². The van der Waals surface area contributed by atoms with Crippen LogP contribution in [0.25, 0.3) is 0 Å². The average Bonchev–Trinajstić information content (AvgIpc) is 3.16. The highest BCUT2D eigenvalue weighted by Gasteiger charge is 2.53. The molecular weight excluding hydrogens is 343 g/mol. The second-order valence-electron chi connectivity index (χ2n) is 8.63.